The number of carbonyl (C=O) groups excluding carboxylic acids is 2. The molecule has 0 radical (unpaired) electrons. The first kappa shape index (κ1) is 22.2. The van der Waals surface area contributed by atoms with Crippen LogP contribution in [0.3, 0.4) is 0 Å². The van der Waals surface area contributed by atoms with E-state index in [2.05, 4.69) is 25.5 Å². The Bertz CT molecular complexity index is 969. The second-order valence-electron chi connectivity index (χ2n) is 8.15. The summed E-state index contributed by atoms with van der Waals surface area (Å²) in [5.41, 5.74) is 0.113. The first-order valence-corrected chi connectivity index (χ1v) is 11.3. The van der Waals surface area contributed by atoms with Crippen molar-refractivity contribution >= 4 is 38.6 Å². The lowest BCUT2D eigenvalue weighted by atomic mass is 9.97. The van der Waals surface area contributed by atoms with Crippen LogP contribution in [0.15, 0.2) is 11.1 Å². The second-order valence-corrected chi connectivity index (χ2v) is 9.13. The van der Waals surface area contributed by atoms with E-state index in [-0.39, 0.29) is 41.9 Å². The van der Waals surface area contributed by atoms with Crippen molar-refractivity contribution in [1.82, 2.24) is 25.2 Å². The summed E-state index contributed by atoms with van der Waals surface area (Å²) >= 11 is 1.27. The Morgan fingerprint density at radius 3 is 2.77 bits per heavy atom. The average Bonchev–Trinajstić information content (AvgIpc) is 3.15. The molecule has 0 aliphatic carbocycles. The fraction of sp³-hybridized carbons (Fsp3) is 0.650. The second kappa shape index (κ2) is 9.55. The van der Waals surface area contributed by atoms with Crippen LogP contribution in [0.25, 0.3) is 10.3 Å². The molecule has 0 aromatic carbocycles. The highest BCUT2D eigenvalue weighted by Gasteiger charge is 2.28. The van der Waals surface area contributed by atoms with E-state index in [1.54, 1.807) is 0 Å². The maximum atomic E-state index is 12.8. The van der Waals surface area contributed by atoms with Crippen molar-refractivity contribution in [2.24, 2.45) is 5.92 Å². The van der Waals surface area contributed by atoms with Gasteiger partial charge in [0.2, 0.25) is 11.8 Å². The molecule has 0 saturated carbocycles. The van der Waals surface area contributed by atoms with Crippen LogP contribution in [-0.4, -0.2) is 51.5 Å². The zero-order valence-corrected chi connectivity index (χ0v) is 18.8. The molecule has 164 valence electrons. The number of nitrogens with one attached hydrogen (secondary N) is 2. The molecule has 2 atom stereocenters. The van der Waals surface area contributed by atoms with Gasteiger partial charge in [0.15, 0.2) is 10.8 Å². The highest BCUT2D eigenvalue weighted by atomic mass is 32.1. The molecule has 2 aromatic heterocycles. The highest BCUT2D eigenvalue weighted by molar-refractivity contribution is 7.22. The van der Waals surface area contributed by atoms with Gasteiger partial charge in [0.05, 0.1) is 5.92 Å². The lowest BCUT2D eigenvalue weighted by molar-refractivity contribution is -0.125. The minimum atomic E-state index is -0.269. The van der Waals surface area contributed by atoms with Crippen LogP contribution in [0.1, 0.15) is 47.0 Å². The summed E-state index contributed by atoms with van der Waals surface area (Å²) in [5, 5.41) is 6.52. The van der Waals surface area contributed by atoms with Crippen LogP contribution in [0.2, 0.25) is 0 Å². The Morgan fingerprint density at radius 2 is 2.07 bits per heavy atom. The SMILES string of the molecule is CC[C@H](C)NC(=O)Cn1cnc2nc(N3CCC[C@@H](C(=O)NC(C)C)C3)sc2c1=O. The smallest absolute Gasteiger partial charge is 0.273 e. The third-order valence-corrected chi connectivity index (χ3v) is 6.29. The number of hydrogen-bond donors (Lipinski definition) is 2. The largest absolute Gasteiger partial charge is 0.354 e. The van der Waals surface area contributed by atoms with Crippen molar-refractivity contribution in [3.63, 3.8) is 0 Å². The number of rotatable bonds is 7. The van der Waals surface area contributed by atoms with E-state index in [4.69, 9.17) is 0 Å². The molecule has 10 heteroatoms. The monoisotopic (exact) mass is 434 g/mol. The molecule has 0 unspecified atom stereocenters. The Kier molecular flexibility index (Phi) is 7.06. The van der Waals surface area contributed by atoms with Gasteiger partial charge in [-0.15, -0.1) is 0 Å². The third kappa shape index (κ3) is 5.16. The lowest BCUT2D eigenvalue weighted by Crippen LogP contribution is -2.44. The van der Waals surface area contributed by atoms with Crippen LogP contribution in [0.4, 0.5) is 5.13 Å². The number of amides is 2. The van der Waals surface area contributed by atoms with Crippen molar-refractivity contribution in [3.8, 4) is 0 Å². The maximum Gasteiger partial charge on any atom is 0.273 e. The molecule has 0 spiro atoms. The number of hydrogen-bond acceptors (Lipinski definition) is 7. The third-order valence-electron chi connectivity index (χ3n) is 5.20. The van der Waals surface area contributed by atoms with Gasteiger partial charge in [-0.1, -0.05) is 18.3 Å². The van der Waals surface area contributed by atoms with Gasteiger partial charge >= 0.3 is 0 Å². The molecule has 0 bridgehead atoms. The fourth-order valence-corrected chi connectivity index (χ4v) is 4.43. The quantitative estimate of drug-likeness (QED) is 0.684. The topological polar surface area (TPSA) is 109 Å². The highest BCUT2D eigenvalue weighted by Crippen LogP contribution is 2.29. The zero-order valence-electron chi connectivity index (χ0n) is 18.0. The lowest BCUT2D eigenvalue weighted by Gasteiger charge is -2.32. The van der Waals surface area contributed by atoms with Gasteiger partial charge in [-0.25, -0.2) is 4.98 Å². The number of fused-ring (bicyclic) bond motifs is 1. The van der Waals surface area contributed by atoms with Gasteiger partial charge in [-0.05, 0) is 40.0 Å². The van der Waals surface area contributed by atoms with E-state index < -0.39 is 0 Å². The molecular weight excluding hydrogens is 404 g/mol. The molecule has 1 aliphatic rings. The Labute approximate surface area is 179 Å². The van der Waals surface area contributed by atoms with E-state index in [1.165, 1.54) is 22.2 Å². The summed E-state index contributed by atoms with van der Waals surface area (Å²) in [7, 11) is 0. The molecular formula is C20H30N6O3S. The number of aromatic nitrogens is 3. The Hall–Kier alpha value is -2.49. The predicted molar refractivity (Wildman–Crippen MR) is 118 cm³/mol. The van der Waals surface area contributed by atoms with Gasteiger partial charge in [0.1, 0.15) is 17.6 Å². The van der Waals surface area contributed by atoms with Crippen LogP contribution < -0.4 is 21.1 Å². The summed E-state index contributed by atoms with van der Waals surface area (Å²) in [6.07, 6.45) is 3.93. The Morgan fingerprint density at radius 1 is 1.30 bits per heavy atom. The number of anilines is 1. The molecule has 1 fully saturated rings. The number of nitrogens with zero attached hydrogens (tertiary/aromatic N) is 4. The van der Waals surface area contributed by atoms with Crippen LogP contribution in [0.5, 0.6) is 0 Å². The van der Waals surface area contributed by atoms with Crippen molar-refractivity contribution in [2.75, 3.05) is 18.0 Å². The summed E-state index contributed by atoms with van der Waals surface area (Å²) in [6.45, 7) is 9.10. The average molecular weight is 435 g/mol. The maximum absolute atomic E-state index is 12.8. The number of thiazole rings is 1. The molecule has 30 heavy (non-hydrogen) atoms. The van der Waals surface area contributed by atoms with Crippen LogP contribution >= 0.6 is 11.3 Å². The number of piperidine rings is 1. The van der Waals surface area contributed by atoms with Crippen molar-refractivity contribution < 1.29 is 9.59 Å². The zero-order chi connectivity index (χ0) is 21.8. The van der Waals surface area contributed by atoms with Crippen molar-refractivity contribution in [1.29, 1.82) is 0 Å². The van der Waals surface area contributed by atoms with E-state index in [0.29, 0.717) is 22.0 Å². The first-order chi connectivity index (χ1) is 14.3. The van der Waals surface area contributed by atoms with Gasteiger partial charge in [-0.3, -0.25) is 19.0 Å². The molecule has 2 aromatic rings. The van der Waals surface area contributed by atoms with Crippen molar-refractivity contribution in [2.45, 2.75) is 65.6 Å². The minimum Gasteiger partial charge on any atom is -0.354 e. The summed E-state index contributed by atoms with van der Waals surface area (Å²) < 4.78 is 1.74. The van der Waals surface area contributed by atoms with Crippen LogP contribution in [-0.2, 0) is 16.1 Å². The molecule has 9 nitrogen and oxygen atoms in total. The molecule has 3 rings (SSSR count). The van der Waals surface area contributed by atoms with Gasteiger partial charge in [-0.2, -0.15) is 4.98 Å². The van der Waals surface area contributed by atoms with Crippen LogP contribution in [0, 0.1) is 5.92 Å². The molecule has 1 saturated heterocycles. The van der Waals surface area contributed by atoms with Gasteiger partial charge in [0.25, 0.3) is 5.56 Å². The normalized spacial score (nSPS) is 17.9. The van der Waals surface area contributed by atoms with E-state index >= 15 is 0 Å². The predicted octanol–water partition coefficient (Wildman–Crippen LogP) is 1.51. The minimum absolute atomic E-state index is 0.0554. The Balaban J connectivity index is 1.77. The summed E-state index contributed by atoms with van der Waals surface area (Å²) in [5.74, 6) is -0.252. The standard InChI is InChI=1S/C20H30N6O3S/c1-5-13(4)23-15(27)10-26-11-21-17-16(19(26)29)30-20(24-17)25-8-6-7-14(9-25)18(28)22-12(2)3/h11-14H,5-10H2,1-4H3,(H,22,28)(H,23,27)/t13-,14+/m0/s1. The molecule has 1 aliphatic heterocycles. The van der Waals surface area contributed by atoms with Gasteiger partial charge in [0, 0.05) is 25.2 Å². The summed E-state index contributed by atoms with van der Waals surface area (Å²) in [4.78, 5) is 48.2. The summed E-state index contributed by atoms with van der Waals surface area (Å²) in [6, 6.07) is 0.162. The van der Waals surface area contributed by atoms with E-state index in [9.17, 15) is 14.4 Å². The van der Waals surface area contributed by atoms with Crippen molar-refractivity contribution in [3.05, 3.63) is 16.7 Å². The van der Waals surface area contributed by atoms with E-state index in [1.807, 2.05) is 27.7 Å². The fourth-order valence-electron chi connectivity index (χ4n) is 3.43. The molecule has 3 heterocycles. The van der Waals surface area contributed by atoms with Gasteiger partial charge < -0.3 is 15.5 Å². The van der Waals surface area contributed by atoms with E-state index in [0.717, 1.165) is 25.8 Å². The molecule has 2 N–H and O–H groups in total. The number of carbonyl (C=O) groups is 2. The molecule has 2 amide bonds. The first-order valence-electron chi connectivity index (χ1n) is 10.5.